The van der Waals surface area contributed by atoms with E-state index in [4.69, 9.17) is 14.2 Å². The van der Waals surface area contributed by atoms with Crippen LogP contribution in [0.3, 0.4) is 0 Å². The van der Waals surface area contributed by atoms with Gasteiger partial charge in [-0.2, -0.15) is 0 Å². The van der Waals surface area contributed by atoms with Gasteiger partial charge in [0.2, 0.25) is 0 Å². The number of para-hydroxylation sites is 2. The van der Waals surface area contributed by atoms with E-state index in [2.05, 4.69) is 5.32 Å². The second kappa shape index (κ2) is 9.40. The molecule has 0 heterocycles. The summed E-state index contributed by atoms with van der Waals surface area (Å²) in [5, 5.41) is 2.89. The van der Waals surface area contributed by atoms with Crippen molar-refractivity contribution in [1.82, 2.24) is 0 Å². The van der Waals surface area contributed by atoms with Crippen molar-refractivity contribution in [3.63, 3.8) is 0 Å². The van der Waals surface area contributed by atoms with Crippen LogP contribution < -0.4 is 14.8 Å². The number of hydrogen-bond acceptors (Lipinski definition) is 4. The molecule has 0 atom stereocenters. The van der Waals surface area contributed by atoms with Gasteiger partial charge in [-0.1, -0.05) is 36.4 Å². The minimum atomic E-state index is -0.250. The van der Waals surface area contributed by atoms with E-state index >= 15 is 0 Å². The van der Waals surface area contributed by atoms with Crippen molar-refractivity contribution < 1.29 is 19.0 Å². The normalized spacial score (nSPS) is 10.3. The lowest BCUT2D eigenvalue weighted by Crippen LogP contribution is -2.14. The average Bonchev–Trinajstić information content (AvgIpc) is 2.69. The highest BCUT2D eigenvalue weighted by Gasteiger charge is 2.12. The fraction of sp³-hybridized carbons (Fsp3) is 0.136. The van der Waals surface area contributed by atoms with Crippen LogP contribution >= 0.6 is 0 Å². The van der Waals surface area contributed by atoms with Gasteiger partial charge >= 0.3 is 0 Å². The zero-order chi connectivity index (χ0) is 18.9. The Morgan fingerprint density at radius 2 is 1.59 bits per heavy atom. The Balaban J connectivity index is 1.70. The maximum Gasteiger partial charge on any atom is 0.259 e. The molecular formula is C22H21NO4. The van der Waals surface area contributed by atoms with Crippen molar-refractivity contribution in [2.45, 2.75) is 0 Å². The minimum absolute atomic E-state index is 0.250. The summed E-state index contributed by atoms with van der Waals surface area (Å²) in [6.07, 6.45) is 0. The summed E-state index contributed by atoms with van der Waals surface area (Å²) in [4.78, 5) is 12.7. The zero-order valence-electron chi connectivity index (χ0n) is 15.1. The van der Waals surface area contributed by atoms with E-state index in [1.807, 2.05) is 54.6 Å². The third-order valence-corrected chi connectivity index (χ3v) is 3.75. The highest BCUT2D eigenvalue weighted by Crippen LogP contribution is 2.25. The van der Waals surface area contributed by atoms with E-state index in [1.165, 1.54) is 0 Å². The molecule has 1 amide bonds. The van der Waals surface area contributed by atoms with Gasteiger partial charge in [-0.05, 0) is 36.4 Å². The van der Waals surface area contributed by atoms with E-state index in [0.29, 0.717) is 36.0 Å². The molecule has 0 fully saturated rings. The number of nitrogens with one attached hydrogen (secondary N) is 1. The van der Waals surface area contributed by atoms with Crippen LogP contribution in [0.4, 0.5) is 5.69 Å². The third kappa shape index (κ3) is 5.33. The quantitative estimate of drug-likeness (QED) is 0.587. The Morgan fingerprint density at radius 3 is 2.41 bits per heavy atom. The van der Waals surface area contributed by atoms with Gasteiger partial charge in [0.15, 0.2) is 0 Å². The van der Waals surface area contributed by atoms with Crippen LogP contribution in [0.1, 0.15) is 10.4 Å². The average molecular weight is 363 g/mol. The molecule has 0 aliphatic rings. The number of anilines is 1. The molecule has 0 aromatic heterocycles. The Labute approximate surface area is 158 Å². The van der Waals surface area contributed by atoms with E-state index in [1.54, 1.807) is 31.4 Å². The maximum absolute atomic E-state index is 12.7. The van der Waals surface area contributed by atoms with Crippen molar-refractivity contribution in [2.75, 3.05) is 25.6 Å². The first kappa shape index (κ1) is 18.5. The van der Waals surface area contributed by atoms with Crippen molar-refractivity contribution in [2.24, 2.45) is 0 Å². The fourth-order valence-corrected chi connectivity index (χ4v) is 2.48. The van der Waals surface area contributed by atoms with Crippen LogP contribution in [0, 0.1) is 0 Å². The van der Waals surface area contributed by atoms with Crippen LogP contribution in [-0.4, -0.2) is 26.2 Å². The van der Waals surface area contributed by atoms with Gasteiger partial charge < -0.3 is 19.5 Å². The predicted octanol–water partition coefficient (Wildman–Crippen LogP) is 4.76. The van der Waals surface area contributed by atoms with Gasteiger partial charge in [0, 0.05) is 18.9 Å². The SMILES string of the molecule is COCCOc1ccccc1C(=O)Nc1cccc(Oc2ccccc2)c1. The number of benzene rings is 3. The summed E-state index contributed by atoms with van der Waals surface area (Å²) in [7, 11) is 1.60. The first-order valence-corrected chi connectivity index (χ1v) is 8.61. The molecule has 0 spiro atoms. The lowest BCUT2D eigenvalue weighted by Gasteiger charge is -2.12. The molecule has 138 valence electrons. The van der Waals surface area contributed by atoms with E-state index in [-0.39, 0.29) is 5.91 Å². The molecule has 5 nitrogen and oxygen atoms in total. The summed E-state index contributed by atoms with van der Waals surface area (Å²) in [5.41, 5.74) is 1.10. The highest BCUT2D eigenvalue weighted by molar-refractivity contribution is 6.06. The molecule has 3 aromatic rings. The number of amides is 1. The zero-order valence-corrected chi connectivity index (χ0v) is 15.1. The Kier molecular flexibility index (Phi) is 6.44. The summed E-state index contributed by atoms with van der Waals surface area (Å²) >= 11 is 0. The van der Waals surface area contributed by atoms with Gasteiger partial charge in [0.05, 0.1) is 12.2 Å². The smallest absolute Gasteiger partial charge is 0.259 e. The van der Waals surface area contributed by atoms with Gasteiger partial charge in [-0.25, -0.2) is 0 Å². The molecule has 3 rings (SSSR count). The number of ether oxygens (including phenoxy) is 3. The molecule has 0 radical (unpaired) electrons. The molecule has 27 heavy (non-hydrogen) atoms. The molecule has 5 heteroatoms. The van der Waals surface area contributed by atoms with E-state index < -0.39 is 0 Å². The Bertz CT molecular complexity index is 880. The summed E-state index contributed by atoms with van der Waals surface area (Å²) in [6, 6.07) is 23.8. The molecule has 0 saturated carbocycles. The standard InChI is InChI=1S/C22H21NO4/c1-25-14-15-26-21-13-6-5-12-20(21)22(24)23-17-8-7-11-19(16-17)27-18-9-3-2-4-10-18/h2-13,16H,14-15H2,1H3,(H,23,24). The largest absolute Gasteiger partial charge is 0.490 e. The lowest BCUT2D eigenvalue weighted by atomic mass is 10.2. The lowest BCUT2D eigenvalue weighted by molar-refractivity contribution is 0.101. The molecular weight excluding hydrogens is 342 g/mol. The summed E-state index contributed by atoms with van der Waals surface area (Å²) in [6.45, 7) is 0.829. The Hall–Kier alpha value is -3.31. The first-order chi connectivity index (χ1) is 13.3. The first-order valence-electron chi connectivity index (χ1n) is 8.61. The molecule has 1 N–H and O–H groups in total. The van der Waals surface area contributed by atoms with Crippen LogP contribution in [-0.2, 0) is 4.74 Å². The molecule has 0 bridgehead atoms. The third-order valence-electron chi connectivity index (χ3n) is 3.75. The number of rotatable bonds is 8. The molecule has 0 aliphatic carbocycles. The summed E-state index contributed by atoms with van der Waals surface area (Å²) < 4.78 is 16.4. The molecule has 3 aromatic carbocycles. The molecule has 0 aliphatic heterocycles. The van der Waals surface area contributed by atoms with Crippen molar-refractivity contribution in [3.8, 4) is 17.2 Å². The van der Waals surface area contributed by atoms with Crippen LogP contribution in [0.25, 0.3) is 0 Å². The van der Waals surface area contributed by atoms with Gasteiger partial charge in [-0.3, -0.25) is 4.79 Å². The predicted molar refractivity (Wildman–Crippen MR) is 105 cm³/mol. The number of hydrogen-bond donors (Lipinski definition) is 1. The number of carbonyl (C=O) groups is 1. The van der Waals surface area contributed by atoms with E-state index in [9.17, 15) is 4.79 Å². The second-order valence-corrected chi connectivity index (χ2v) is 5.73. The Morgan fingerprint density at radius 1 is 0.852 bits per heavy atom. The minimum Gasteiger partial charge on any atom is -0.490 e. The molecule has 0 unspecified atom stereocenters. The summed E-state index contributed by atoms with van der Waals surface area (Å²) in [5.74, 6) is 1.64. The van der Waals surface area contributed by atoms with Crippen molar-refractivity contribution in [3.05, 3.63) is 84.4 Å². The second-order valence-electron chi connectivity index (χ2n) is 5.73. The monoisotopic (exact) mass is 363 g/mol. The van der Waals surface area contributed by atoms with Crippen LogP contribution in [0.2, 0.25) is 0 Å². The maximum atomic E-state index is 12.7. The number of carbonyl (C=O) groups excluding carboxylic acids is 1. The van der Waals surface area contributed by atoms with Gasteiger partial charge in [-0.15, -0.1) is 0 Å². The van der Waals surface area contributed by atoms with Crippen molar-refractivity contribution in [1.29, 1.82) is 0 Å². The topological polar surface area (TPSA) is 56.8 Å². The van der Waals surface area contributed by atoms with E-state index in [0.717, 1.165) is 5.75 Å². The van der Waals surface area contributed by atoms with Crippen molar-refractivity contribution >= 4 is 11.6 Å². The van der Waals surface area contributed by atoms with Gasteiger partial charge in [0.25, 0.3) is 5.91 Å². The fourth-order valence-electron chi connectivity index (χ4n) is 2.48. The van der Waals surface area contributed by atoms with Crippen LogP contribution in [0.5, 0.6) is 17.2 Å². The van der Waals surface area contributed by atoms with Crippen LogP contribution in [0.15, 0.2) is 78.9 Å². The number of methoxy groups -OCH3 is 1. The van der Waals surface area contributed by atoms with Gasteiger partial charge in [0.1, 0.15) is 23.9 Å². The molecule has 0 saturated heterocycles. The highest BCUT2D eigenvalue weighted by atomic mass is 16.5.